The molecular formula is C16H22N2O. The summed E-state index contributed by atoms with van der Waals surface area (Å²) in [6.07, 6.45) is 4.26. The summed E-state index contributed by atoms with van der Waals surface area (Å²) in [5, 5.41) is 3.37. The van der Waals surface area contributed by atoms with Gasteiger partial charge in [-0.3, -0.25) is 4.79 Å². The number of benzene rings is 1. The van der Waals surface area contributed by atoms with Gasteiger partial charge in [0.2, 0.25) is 5.91 Å². The van der Waals surface area contributed by atoms with Crippen LogP contribution in [0.5, 0.6) is 0 Å². The molecule has 102 valence electrons. The molecule has 0 aromatic heterocycles. The van der Waals surface area contributed by atoms with Crippen molar-refractivity contribution in [2.75, 3.05) is 19.6 Å². The monoisotopic (exact) mass is 258 g/mol. The normalized spacial score (nSPS) is 22.7. The van der Waals surface area contributed by atoms with E-state index in [0.717, 1.165) is 51.9 Å². The SMILES string of the molecule is O=C1N(Cc2ccccc2)CCCC12CCNCC2. The molecule has 0 unspecified atom stereocenters. The Morgan fingerprint density at radius 1 is 1.11 bits per heavy atom. The number of nitrogens with zero attached hydrogens (tertiary/aromatic N) is 1. The highest BCUT2D eigenvalue weighted by molar-refractivity contribution is 5.83. The van der Waals surface area contributed by atoms with Crippen molar-refractivity contribution < 1.29 is 4.79 Å². The Hall–Kier alpha value is -1.35. The van der Waals surface area contributed by atoms with Gasteiger partial charge in [-0.2, -0.15) is 0 Å². The van der Waals surface area contributed by atoms with E-state index in [2.05, 4.69) is 22.3 Å². The molecule has 1 spiro atoms. The Bertz CT molecular complexity index is 432. The van der Waals surface area contributed by atoms with E-state index < -0.39 is 0 Å². The van der Waals surface area contributed by atoms with E-state index in [1.807, 2.05) is 18.2 Å². The van der Waals surface area contributed by atoms with Gasteiger partial charge in [-0.1, -0.05) is 30.3 Å². The highest BCUT2D eigenvalue weighted by Gasteiger charge is 2.44. The third-order valence-corrected chi connectivity index (χ3v) is 4.60. The number of carbonyl (C=O) groups is 1. The largest absolute Gasteiger partial charge is 0.338 e. The van der Waals surface area contributed by atoms with E-state index in [0.29, 0.717) is 5.91 Å². The summed E-state index contributed by atoms with van der Waals surface area (Å²) >= 11 is 0. The molecule has 2 aliphatic heterocycles. The lowest BCUT2D eigenvalue weighted by atomic mass is 9.72. The van der Waals surface area contributed by atoms with E-state index >= 15 is 0 Å². The molecule has 0 aliphatic carbocycles. The van der Waals surface area contributed by atoms with E-state index in [4.69, 9.17) is 0 Å². The van der Waals surface area contributed by atoms with Crippen molar-refractivity contribution in [1.29, 1.82) is 0 Å². The zero-order chi connectivity index (χ0) is 13.1. The second-order valence-corrected chi connectivity index (χ2v) is 5.85. The molecule has 1 N–H and O–H groups in total. The predicted molar refractivity (Wildman–Crippen MR) is 75.6 cm³/mol. The first kappa shape index (κ1) is 12.7. The van der Waals surface area contributed by atoms with E-state index in [1.165, 1.54) is 5.56 Å². The number of amides is 1. The molecule has 1 aromatic carbocycles. The smallest absolute Gasteiger partial charge is 0.229 e. The van der Waals surface area contributed by atoms with Gasteiger partial charge in [-0.15, -0.1) is 0 Å². The molecule has 3 heteroatoms. The fourth-order valence-electron chi connectivity index (χ4n) is 3.48. The minimum absolute atomic E-state index is 0.0573. The highest BCUT2D eigenvalue weighted by Crippen LogP contribution is 2.39. The van der Waals surface area contributed by atoms with E-state index in [1.54, 1.807) is 0 Å². The second-order valence-electron chi connectivity index (χ2n) is 5.85. The van der Waals surface area contributed by atoms with E-state index in [9.17, 15) is 4.79 Å². The van der Waals surface area contributed by atoms with Gasteiger partial charge in [-0.05, 0) is 44.3 Å². The third kappa shape index (κ3) is 2.52. The molecule has 2 aliphatic rings. The Labute approximate surface area is 115 Å². The average molecular weight is 258 g/mol. The topological polar surface area (TPSA) is 32.3 Å². The van der Waals surface area contributed by atoms with Gasteiger partial charge in [0, 0.05) is 13.1 Å². The molecule has 3 nitrogen and oxygen atoms in total. The molecule has 0 atom stereocenters. The van der Waals surface area contributed by atoms with Crippen LogP contribution in [0.2, 0.25) is 0 Å². The van der Waals surface area contributed by atoms with Gasteiger partial charge in [0.05, 0.1) is 5.41 Å². The van der Waals surface area contributed by atoms with Gasteiger partial charge in [0.25, 0.3) is 0 Å². The Morgan fingerprint density at radius 3 is 2.58 bits per heavy atom. The van der Waals surface area contributed by atoms with Crippen molar-refractivity contribution in [3.63, 3.8) is 0 Å². The summed E-state index contributed by atoms with van der Waals surface area (Å²) in [4.78, 5) is 14.9. The molecule has 2 fully saturated rings. The first-order valence-electron chi connectivity index (χ1n) is 7.34. The Kier molecular flexibility index (Phi) is 3.56. The third-order valence-electron chi connectivity index (χ3n) is 4.60. The molecular weight excluding hydrogens is 236 g/mol. The molecule has 0 radical (unpaired) electrons. The molecule has 0 saturated carbocycles. The second kappa shape index (κ2) is 5.33. The van der Waals surface area contributed by atoms with Crippen LogP contribution < -0.4 is 5.32 Å². The number of likely N-dealkylation sites (tertiary alicyclic amines) is 1. The van der Waals surface area contributed by atoms with Crippen molar-refractivity contribution in [1.82, 2.24) is 10.2 Å². The van der Waals surface area contributed by atoms with Gasteiger partial charge in [-0.25, -0.2) is 0 Å². The minimum Gasteiger partial charge on any atom is -0.338 e. The van der Waals surface area contributed by atoms with Crippen molar-refractivity contribution in [3.05, 3.63) is 35.9 Å². The van der Waals surface area contributed by atoms with Crippen LogP contribution in [0, 0.1) is 5.41 Å². The van der Waals surface area contributed by atoms with Crippen LogP contribution >= 0.6 is 0 Å². The molecule has 2 saturated heterocycles. The average Bonchev–Trinajstić information content (AvgIpc) is 2.46. The van der Waals surface area contributed by atoms with Gasteiger partial charge < -0.3 is 10.2 Å². The molecule has 19 heavy (non-hydrogen) atoms. The van der Waals surface area contributed by atoms with Crippen LogP contribution in [0.15, 0.2) is 30.3 Å². The number of hydrogen-bond acceptors (Lipinski definition) is 2. The van der Waals surface area contributed by atoms with Crippen molar-refractivity contribution in [3.8, 4) is 0 Å². The zero-order valence-electron chi connectivity index (χ0n) is 11.4. The standard InChI is InChI=1S/C16H22N2O/c19-15-16(8-10-17-11-9-16)7-4-12-18(15)13-14-5-2-1-3-6-14/h1-3,5-6,17H,4,7-13H2. The van der Waals surface area contributed by atoms with Crippen LogP contribution in [-0.2, 0) is 11.3 Å². The number of rotatable bonds is 2. The van der Waals surface area contributed by atoms with Gasteiger partial charge in [0.1, 0.15) is 0 Å². The van der Waals surface area contributed by atoms with Crippen LogP contribution in [0.25, 0.3) is 0 Å². The van der Waals surface area contributed by atoms with Crippen molar-refractivity contribution in [2.45, 2.75) is 32.2 Å². The molecule has 1 amide bonds. The molecule has 1 aromatic rings. The number of carbonyl (C=O) groups excluding carboxylic acids is 1. The molecule has 3 rings (SSSR count). The summed E-state index contributed by atoms with van der Waals surface area (Å²) in [6, 6.07) is 10.3. The Balaban J connectivity index is 1.74. The van der Waals surface area contributed by atoms with Crippen molar-refractivity contribution >= 4 is 5.91 Å². The summed E-state index contributed by atoms with van der Waals surface area (Å²) in [5.74, 6) is 0.393. The maximum atomic E-state index is 12.8. The predicted octanol–water partition coefficient (Wildman–Crippen LogP) is 2.18. The first-order chi connectivity index (χ1) is 9.30. The minimum atomic E-state index is -0.0573. The summed E-state index contributed by atoms with van der Waals surface area (Å²) in [6.45, 7) is 3.67. The number of hydrogen-bond donors (Lipinski definition) is 1. The maximum Gasteiger partial charge on any atom is 0.229 e. The Morgan fingerprint density at radius 2 is 1.84 bits per heavy atom. The van der Waals surface area contributed by atoms with E-state index in [-0.39, 0.29) is 5.41 Å². The lowest BCUT2D eigenvalue weighted by Gasteiger charge is -2.44. The fourth-order valence-corrected chi connectivity index (χ4v) is 3.48. The number of nitrogens with one attached hydrogen (secondary N) is 1. The van der Waals surface area contributed by atoms with Crippen LogP contribution in [0.1, 0.15) is 31.2 Å². The van der Waals surface area contributed by atoms with Crippen LogP contribution in [-0.4, -0.2) is 30.4 Å². The molecule has 0 bridgehead atoms. The highest BCUT2D eigenvalue weighted by atomic mass is 16.2. The maximum absolute atomic E-state index is 12.8. The summed E-state index contributed by atoms with van der Waals surface area (Å²) in [7, 11) is 0. The fraction of sp³-hybridized carbons (Fsp3) is 0.562. The first-order valence-corrected chi connectivity index (χ1v) is 7.34. The van der Waals surface area contributed by atoms with Gasteiger partial charge in [0.15, 0.2) is 0 Å². The lowest BCUT2D eigenvalue weighted by Crippen LogP contribution is -2.52. The molecule has 2 heterocycles. The zero-order valence-corrected chi connectivity index (χ0v) is 11.4. The van der Waals surface area contributed by atoms with Crippen LogP contribution in [0.3, 0.4) is 0 Å². The number of piperidine rings is 2. The lowest BCUT2D eigenvalue weighted by molar-refractivity contribution is -0.149. The summed E-state index contributed by atoms with van der Waals surface area (Å²) in [5.41, 5.74) is 1.18. The van der Waals surface area contributed by atoms with Gasteiger partial charge >= 0.3 is 0 Å². The van der Waals surface area contributed by atoms with Crippen LogP contribution in [0.4, 0.5) is 0 Å². The quantitative estimate of drug-likeness (QED) is 0.882. The van der Waals surface area contributed by atoms with Crippen molar-refractivity contribution in [2.24, 2.45) is 5.41 Å². The summed E-state index contributed by atoms with van der Waals surface area (Å²) < 4.78 is 0.